The summed E-state index contributed by atoms with van der Waals surface area (Å²) >= 11 is 5.70. The molecule has 0 bridgehead atoms. The van der Waals surface area contributed by atoms with Gasteiger partial charge in [-0.25, -0.2) is 14.4 Å². The van der Waals surface area contributed by atoms with Gasteiger partial charge in [-0.15, -0.1) is 0 Å². The van der Waals surface area contributed by atoms with Crippen molar-refractivity contribution in [1.82, 2.24) is 15.3 Å². The molecule has 2 aliphatic heterocycles. The van der Waals surface area contributed by atoms with Gasteiger partial charge in [0.05, 0.1) is 10.9 Å². The van der Waals surface area contributed by atoms with Crippen molar-refractivity contribution in [2.75, 3.05) is 31.6 Å². The van der Waals surface area contributed by atoms with Crippen LogP contribution in [0.5, 0.6) is 11.5 Å². The first-order valence-corrected chi connectivity index (χ1v) is 8.81. The van der Waals surface area contributed by atoms with Crippen LogP contribution in [0.25, 0.3) is 10.9 Å². The van der Waals surface area contributed by atoms with Gasteiger partial charge in [-0.05, 0) is 25.9 Å². The van der Waals surface area contributed by atoms with Crippen LogP contribution in [0.1, 0.15) is 12.8 Å². The Bertz CT molecular complexity index is 771. The first-order valence-electron chi connectivity index (χ1n) is 8.37. The number of halogens is 2. The molecule has 2 aromatic rings. The summed E-state index contributed by atoms with van der Waals surface area (Å²) in [4.78, 5) is 18.9. The van der Waals surface area contributed by atoms with Crippen LogP contribution in [0.2, 0.25) is 0 Å². The maximum absolute atomic E-state index is 12.5. The largest absolute Gasteiger partial charge is 0.491 e. The van der Waals surface area contributed by atoms with Gasteiger partial charge in [0.15, 0.2) is 5.82 Å². The number of alkyl halides is 2. The molecule has 0 unspecified atom stereocenters. The fourth-order valence-electron chi connectivity index (χ4n) is 2.94. The fraction of sp³-hybridized carbons (Fsp3) is 0.500. The lowest BCUT2D eigenvalue weighted by atomic mass is 10.1. The van der Waals surface area contributed by atoms with Gasteiger partial charge in [0.1, 0.15) is 37.2 Å². The van der Waals surface area contributed by atoms with Crippen molar-refractivity contribution in [3.05, 3.63) is 18.5 Å². The van der Waals surface area contributed by atoms with Crippen LogP contribution in [0.3, 0.4) is 0 Å². The summed E-state index contributed by atoms with van der Waals surface area (Å²) < 4.78 is 24.1. The van der Waals surface area contributed by atoms with Gasteiger partial charge in [0.25, 0.3) is 5.75 Å². The van der Waals surface area contributed by atoms with Crippen LogP contribution >= 0.6 is 11.6 Å². The summed E-state index contributed by atoms with van der Waals surface area (Å²) in [5, 5.41) is 5.03. The van der Waals surface area contributed by atoms with Crippen molar-refractivity contribution >= 4 is 28.3 Å². The van der Waals surface area contributed by atoms with Crippen LogP contribution in [0, 0.1) is 0 Å². The average molecular weight is 385 g/mol. The lowest BCUT2D eigenvalue weighted by molar-refractivity contribution is -0.306. The maximum Gasteiger partial charge on any atom is 0.288 e. The second-order valence-electron chi connectivity index (χ2n) is 5.86. The van der Waals surface area contributed by atoms with E-state index >= 15 is 0 Å². The quantitative estimate of drug-likeness (QED) is 0.760. The van der Waals surface area contributed by atoms with Crippen LogP contribution in [0.15, 0.2) is 18.5 Å². The standard InChI is InChI=1S/C16H18ClFN4O4/c17-16-25-22(26-16)15-14-12(20-9-21-15)7-11(23-6-3-18)8-13(14)24-10-1-4-19-5-2-10/h7-10,16,19H,1-6H2. The maximum atomic E-state index is 12.5. The number of aromatic nitrogens is 2. The summed E-state index contributed by atoms with van der Waals surface area (Å²) in [5.41, 5.74) is 0.570. The topological polar surface area (TPSA) is 78.0 Å². The number of rotatable bonds is 6. The van der Waals surface area contributed by atoms with Crippen LogP contribution in [-0.4, -0.2) is 48.2 Å². The molecule has 3 heterocycles. The lowest BCUT2D eigenvalue weighted by Crippen LogP contribution is -2.43. The van der Waals surface area contributed by atoms with Gasteiger partial charge < -0.3 is 14.8 Å². The summed E-state index contributed by atoms with van der Waals surface area (Å²) in [7, 11) is 0. The molecule has 2 fully saturated rings. The molecular formula is C16H18ClFN4O4. The Kier molecular flexibility index (Phi) is 5.21. The molecule has 0 spiro atoms. The van der Waals surface area contributed by atoms with E-state index in [9.17, 15) is 4.39 Å². The number of anilines is 1. The Morgan fingerprint density at radius 2 is 2.08 bits per heavy atom. The van der Waals surface area contributed by atoms with E-state index in [1.54, 1.807) is 12.1 Å². The molecule has 0 atom stereocenters. The number of nitrogens with zero attached hydrogens (tertiary/aromatic N) is 3. The van der Waals surface area contributed by atoms with E-state index in [1.165, 1.54) is 6.33 Å². The molecule has 8 nitrogen and oxygen atoms in total. The molecule has 4 rings (SSSR count). The van der Waals surface area contributed by atoms with Gasteiger partial charge in [-0.1, -0.05) is 16.8 Å². The minimum absolute atomic E-state index is 0.0392. The van der Waals surface area contributed by atoms with Crippen molar-refractivity contribution in [3.8, 4) is 11.5 Å². The zero-order valence-electron chi connectivity index (χ0n) is 13.9. The SMILES string of the molecule is FCCOc1cc(OC2CCNCC2)c2c(N3OC(Cl)O3)ncnc2c1. The van der Waals surface area contributed by atoms with Gasteiger partial charge in [-0.3, -0.25) is 0 Å². The monoisotopic (exact) mass is 384 g/mol. The molecule has 26 heavy (non-hydrogen) atoms. The summed E-state index contributed by atoms with van der Waals surface area (Å²) in [6.07, 6.45) is 3.17. The number of ether oxygens (including phenoxy) is 2. The van der Waals surface area contributed by atoms with Crippen LogP contribution in [0.4, 0.5) is 10.2 Å². The van der Waals surface area contributed by atoms with E-state index in [-0.39, 0.29) is 12.7 Å². The molecule has 0 radical (unpaired) electrons. The van der Waals surface area contributed by atoms with Gasteiger partial charge >= 0.3 is 0 Å². The zero-order chi connectivity index (χ0) is 17.9. The highest BCUT2D eigenvalue weighted by Crippen LogP contribution is 2.39. The van der Waals surface area contributed by atoms with Crippen LogP contribution < -0.4 is 20.0 Å². The predicted octanol–water partition coefficient (Wildman–Crippen LogP) is 2.31. The minimum atomic E-state index is -0.860. The fourth-order valence-corrected chi connectivity index (χ4v) is 3.08. The van der Waals surface area contributed by atoms with Crippen molar-refractivity contribution in [2.24, 2.45) is 0 Å². The Balaban J connectivity index is 1.73. The molecule has 0 aliphatic carbocycles. The molecule has 1 aromatic heterocycles. The molecular weight excluding hydrogens is 367 g/mol. The molecule has 2 aliphatic rings. The molecule has 0 saturated carbocycles. The zero-order valence-corrected chi connectivity index (χ0v) is 14.6. The summed E-state index contributed by atoms with van der Waals surface area (Å²) in [6.45, 7) is 1.15. The molecule has 10 heteroatoms. The average Bonchev–Trinajstić information content (AvgIpc) is 2.64. The highest BCUT2D eigenvalue weighted by molar-refractivity contribution is 6.19. The molecule has 140 valence electrons. The second kappa shape index (κ2) is 7.75. The third-order valence-corrected chi connectivity index (χ3v) is 4.27. The van der Waals surface area contributed by atoms with E-state index in [4.69, 9.17) is 30.7 Å². The van der Waals surface area contributed by atoms with Gasteiger partial charge in [0.2, 0.25) is 0 Å². The van der Waals surface area contributed by atoms with E-state index in [0.717, 1.165) is 31.2 Å². The summed E-state index contributed by atoms with van der Waals surface area (Å²) in [5.74, 6) is 0.530. The third-order valence-electron chi connectivity index (χ3n) is 4.11. The molecule has 1 N–H and O–H groups in total. The van der Waals surface area contributed by atoms with E-state index in [1.807, 2.05) is 0 Å². The highest BCUT2D eigenvalue weighted by Gasteiger charge is 2.32. The number of benzene rings is 1. The first-order chi connectivity index (χ1) is 12.7. The number of fused-ring (bicyclic) bond motifs is 1. The van der Waals surface area contributed by atoms with Crippen molar-refractivity contribution < 1.29 is 23.5 Å². The first kappa shape index (κ1) is 17.5. The number of hydrogen-bond acceptors (Lipinski definition) is 8. The summed E-state index contributed by atoms with van der Waals surface area (Å²) in [6, 6.07) is 3.41. The predicted molar refractivity (Wildman–Crippen MR) is 91.8 cm³/mol. The molecule has 2 saturated heterocycles. The third kappa shape index (κ3) is 3.61. The highest BCUT2D eigenvalue weighted by atomic mass is 35.5. The normalized spacial score (nSPS) is 18.8. The minimum Gasteiger partial charge on any atom is -0.491 e. The van der Waals surface area contributed by atoms with E-state index < -0.39 is 12.4 Å². The van der Waals surface area contributed by atoms with E-state index in [0.29, 0.717) is 28.2 Å². The number of hydrogen-bond donors (Lipinski definition) is 1. The number of piperidine rings is 1. The van der Waals surface area contributed by atoms with Gasteiger partial charge in [0, 0.05) is 12.1 Å². The Labute approximate surface area is 154 Å². The van der Waals surface area contributed by atoms with Crippen LogP contribution in [-0.2, 0) is 9.68 Å². The molecule has 0 amide bonds. The Morgan fingerprint density at radius 1 is 1.27 bits per heavy atom. The number of nitrogens with one attached hydrogen (secondary N) is 1. The Morgan fingerprint density at radius 3 is 2.81 bits per heavy atom. The lowest BCUT2D eigenvalue weighted by Gasteiger charge is -2.33. The smallest absolute Gasteiger partial charge is 0.288 e. The second-order valence-corrected chi connectivity index (χ2v) is 6.22. The van der Waals surface area contributed by atoms with E-state index in [2.05, 4.69) is 15.3 Å². The molecule has 1 aromatic carbocycles. The van der Waals surface area contributed by atoms with Crippen molar-refractivity contribution in [2.45, 2.75) is 24.7 Å². The van der Waals surface area contributed by atoms with Gasteiger partial charge in [-0.2, -0.15) is 9.68 Å². The Hall–Kier alpha value is -1.94. The van der Waals surface area contributed by atoms with Crippen molar-refractivity contribution in [1.29, 1.82) is 0 Å². The van der Waals surface area contributed by atoms with Crippen molar-refractivity contribution in [3.63, 3.8) is 0 Å².